The van der Waals surface area contributed by atoms with Crippen molar-refractivity contribution in [2.75, 3.05) is 13.2 Å². The van der Waals surface area contributed by atoms with Gasteiger partial charge in [-0.2, -0.15) is 0 Å². The molecule has 4 nitrogen and oxygen atoms in total. The van der Waals surface area contributed by atoms with Crippen LogP contribution in [0.25, 0.3) is 0 Å². The molecule has 2 unspecified atom stereocenters. The van der Waals surface area contributed by atoms with Gasteiger partial charge in [0.25, 0.3) is 0 Å². The van der Waals surface area contributed by atoms with Crippen molar-refractivity contribution in [1.29, 1.82) is 0 Å². The predicted octanol–water partition coefficient (Wildman–Crippen LogP) is 2.92. The van der Waals surface area contributed by atoms with Crippen molar-refractivity contribution < 1.29 is 9.15 Å². The summed E-state index contributed by atoms with van der Waals surface area (Å²) in [5.74, 6) is 1.08. The van der Waals surface area contributed by atoms with Crippen molar-refractivity contribution in [3.05, 3.63) is 23.7 Å². The largest absolute Gasteiger partial charge is 0.468 e. The Labute approximate surface area is 127 Å². The van der Waals surface area contributed by atoms with Gasteiger partial charge in [-0.25, -0.2) is 0 Å². The number of hydrogen-bond donors (Lipinski definition) is 1. The van der Waals surface area contributed by atoms with Crippen LogP contribution in [0.5, 0.6) is 0 Å². The lowest BCUT2D eigenvalue weighted by Gasteiger charge is -2.43. The summed E-state index contributed by atoms with van der Waals surface area (Å²) in [5, 5.41) is 3.43. The molecule has 2 heterocycles. The molecule has 2 atom stereocenters. The maximum absolute atomic E-state index is 5.94. The van der Waals surface area contributed by atoms with E-state index in [1.54, 1.807) is 0 Å². The van der Waals surface area contributed by atoms with Crippen LogP contribution in [-0.4, -0.2) is 36.2 Å². The van der Waals surface area contributed by atoms with Crippen molar-refractivity contribution in [2.24, 2.45) is 0 Å². The van der Waals surface area contributed by atoms with Crippen LogP contribution in [0.3, 0.4) is 0 Å². The fraction of sp³-hybridized carbons (Fsp3) is 0.765. The average molecular weight is 292 g/mol. The normalized spacial score (nSPS) is 27.0. The number of hydrogen-bond acceptors (Lipinski definition) is 4. The summed E-state index contributed by atoms with van der Waals surface area (Å²) >= 11 is 0. The highest BCUT2D eigenvalue weighted by Crippen LogP contribution is 2.29. The molecule has 1 aromatic heterocycles. The lowest BCUT2D eigenvalue weighted by atomic mass is 9.90. The van der Waals surface area contributed by atoms with Crippen LogP contribution >= 0.6 is 0 Å². The van der Waals surface area contributed by atoms with Crippen LogP contribution in [0.2, 0.25) is 0 Å². The zero-order valence-electron chi connectivity index (χ0n) is 13.3. The Morgan fingerprint density at radius 3 is 3.05 bits per heavy atom. The van der Waals surface area contributed by atoms with E-state index < -0.39 is 0 Å². The van der Waals surface area contributed by atoms with Crippen LogP contribution < -0.4 is 5.32 Å². The van der Waals surface area contributed by atoms with Gasteiger partial charge in [0.1, 0.15) is 5.76 Å². The minimum Gasteiger partial charge on any atom is -0.468 e. The standard InChI is InChI=1S/C17H28N2O2/c1-13(2)18-10-14-9-15(21-12-14)11-19-7-8-20-17-6-4-3-5-16(17)19/h9,12-13,16-18H,3-8,10-11H2,1-2H3. The van der Waals surface area contributed by atoms with Crippen molar-refractivity contribution in [2.45, 2.75) is 70.8 Å². The summed E-state index contributed by atoms with van der Waals surface area (Å²) in [5.41, 5.74) is 1.24. The SMILES string of the molecule is CC(C)NCc1coc(CN2CCOC3CCCCC32)c1. The zero-order chi connectivity index (χ0) is 14.7. The number of morpholine rings is 1. The molecule has 0 radical (unpaired) electrons. The van der Waals surface area contributed by atoms with Crippen molar-refractivity contribution in [1.82, 2.24) is 10.2 Å². The van der Waals surface area contributed by atoms with Gasteiger partial charge in [0.2, 0.25) is 0 Å². The molecule has 2 fully saturated rings. The molecule has 1 aliphatic heterocycles. The molecular formula is C17H28N2O2. The first-order valence-corrected chi connectivity index (χ1v) is 8.37. The molecule has 4 heteroatoms. The van der Waals surface area contributed by atoms with E-state index in [2.05, 4.69) is 30.1 Å². The van der Waals surface area contributed by atoms with Gasteiger partial charge in [0.05, 0.1) is 25.5 Å². The van der Waals surface area contributed by atoms with Gasteiger partial charge < -0.3 is 14.5 Å². The highest BCUT2D eigenvalue weighted by atomic mass is 16.5. The summed E-state index contributed by atoms with van der Waals surface area (Å²) in [6, 6.07) is 3.29. The summed E-state index contributed by atoms with van der Waals surface area (Å²) in [7, 11) is 0. The summed E-state index contributed by atoms with van der Waals surface area (Å²) in [4.78, 5) is 2.56. The van der Waals surface area contributed by atoms with Gasteiger partial charge >= 0.3 is 0 Å². The molecule has 0 spiro atoms. The Kier molecular flexibility index (Phi) is 4.99. The highest BCUT2D eigenvalue weighted by Gasteiger charge is 2.34. The van der Waals surface area contributed by atoms with E-state index in [0.29, 0.717) is 18.2 Å². The van der Waals surface area contributed by atoms with Crippen LogP contribution in [0.15, 0.2) is 16.7 Å². The molecule has 118 valence electrons. The molecular weight excluding hydrogens is 264 g/mol. The van der Waals surface area contributed by atoms with Gasteiger partial charge in [-0.15, -0.1) is 0 Å². The van der Waals surface area contributed by atoms with Crippen molar-refractivity contribution >= 4 is 0 Å². The third kappa shape index (κ3) is 3.87. The summed E-state index contributed by atoms with van der Waals surface area (Å²) < 4.78 is 11.7. The van der Waals surface area contributed by atoms with E-state index in [1.807, 2.05) is 6.26 Å². The zero-order valence-corrected chi connectivity index (χ0v) is 13.3. The average Bonchev–Trinajstić information content (AvgIpc) is 2.93. The Hall–Kier alpha value is -0.840. The molecule has 1 saturated carbocycles. The van der Waals surface area contributed by atoms with E-state index in [4.69, 9.17) is 9.15 Å². The molecule has 0 aromatic carbocycles. The highest BCUT2D eigenvalue weighted by molar-refractivity contribution is 5.13. The Balaban J connectivity index is 1.57. The van der Waals surface area contributed by atoms with Crippen molar-refractivity contribution in [3.63, 3.8) is 0 Å². The Morgan fingerprint density at radius 2 is 2.19 bits per heavy atom. The van der Waals surface area contributed by atoms with Crippen LogP contribution in [0.1, 0.15) is 50.9 Å². The molecule has 1 N–H and O–H groups in total. The minimum absolute atomic E-state index is 0.449. The number of fused-ring (bicyclic) bond motifs is 1. The molecule has 0 amide bonds. The van der Waals surface area contributed by atoms with Crippen LogP contribution in [0, 0.1) is 0 Å². The van der Waals surface area contributed by atoms with Gasteiger partial charge in [-0.05, 0) is 18.9 Å². The maximum atomic E-state index is 5.94. The lowest BCUT2D eigenvalue weighted by molar-refractivity contribution is -0.0926. The number of furan rings is 1. The van der Waals surface area contributed by atoms with E-state index >= 15 is 0 Å². The second kappa shape index (κ2) is 6.95. The van der Waals surface area contributed by atoms with E-state index in [-0.39, 0.29) is 0 Å². The minimum atomic E-state index is 0.449. The van der Waals surface area contributed by atoms with E-state index in [0.717, 1.165) is 32.0 Å². The molecule has 1 saturated heterocycles. The number of nitrogens with zero attached hydrogens (tertiary/aromatic N) is 1. The fourth-order valence-corrected chi connectivity index (χ4v) is 3.50. The lowest BCUT2D eigenvalue weighted by Crippen LogP contribution is -2.52. The molecule has 3 rings (SSSR count). The maximum Gasteiger partial charge on any atom is 0.118 e. The van der Waals surface area contributed by atoms with Crippen LogP contribution in [0.4, 0.5) is 0 Å². The number of ether oxygens (including phenoxy) is 1. The predicted molar refractivity (Wildman–Crippen MR) is 83.1 cm³/mol. The van der Waals surface area contributed by atoms with Gasteiger partial charge in [-0.3, -0.25) is 4.90 Å². The smallest absolute Gasteiger partial charge is 0.118 e. The fourth-order valence-electron chi connectivity index (χ4n) is 3.50. The summed E-state index contributed by atoms with van der Waals surface area (Å²) in [6.45, 7) is 8.03. The third-order valence-corrected chi connectivity index (χ3v) is 4.63. The second-order valence-electron chi connectivity index (χ2n) is 6.69. The van der Waals surface area contributed by atoms with Gasteiger partial charge in [0, 0.05) is 30.7 Å². The van der Waals surface area contributed by atoms with E-state index in [9.17, 15) is 0 Å². The van der Waals surface area contributed by atoms with E-state index in [1.165, 1.54) is 31.2 Å². The van der Waals surface area contributed by atoms with Gasteiger partial charge in [-0.1, -0.05) is 26.7 Å². The quantitative estimate of drug-likeness (QED) is 0.905. The molecule has 1 aromatic rings. The first-order valence-electron chi connectivity index (χ1n) is 8.37. The van der Waals surface area contributed by atoms with Gasteiger partial charge in [0.15, 0.2) is 0 Å². The first kappa shape index (κ1) is 15.1. The third-order valence-electron chi connectivity index (χ3n) is 4.63. The molecule has 1 aliphatic carbocycles. The molecule has 21 heavy (non-hydrogen) atoms. The monoisotopic (exact) mass is 292 g/mol. The Morgan fingerprint density at radius 1 is 1.33 bits per heavy atom. The summed E-state index contributed by atoms with van der Waals surface area (Å²) in [6.07, 6.45) is 7.49. The van der Waals surface area contributed by atoms with Crippen molar-refractivity contribution in [3.8, 4) is 0 Å². The first-order chi connectivity index (χ1) is 10.2. The number of rotatable bonds is 5. The van der Waals surface area contributed by atoms with Crippen LogP contribution in [-0.2, 0) is 17.8 Å². The molecule has 2 aliphatic rings. The topological polar surface area (TPSA) is 37.6 Å². The Bertz CT molecular complexity index is 442. The molecule has 0 bridgehead atoms. The number of nitrogens with one attached hydrogen (secondary N) is 1. The second-order valence-corrected chi connectivity index (χ2v) is 6.69.